The number of piperidine rings is 1. The lowest BCUT2D eigenvalue weighted by Crippen LogP contribution is -2.48. The third-order valence-electron chi connectivity index (χ3n) is 7.03. The molecule has 138 valence electrons. The minimum Gasteiger partial charge on any atom is -0.508 e. The summed E-state index contributed by atoms with van der Waals surface area (Å²) in [4.78, 5) is 2.74. The van der Waals surface area contributed by atoms with Gasteiger partial charge >= 0.3 is 0 Å². The summed E-state index contributed by atoms with van der Waals surface area (Å²) in [5.41, 5.74) is 7.90. The second-order valence-electron chi connectivity index (χ2n) is 8.84. The first-order chi connectivity index (χ1) is 12.2. The summed E-state index contributed by atoms with van der Waals surface area (Å²) < 4.78 is 0. The molecule has 3 unspecified atom stereocenters. The van der Waals surface area contributed by atoms with Crippen molar-refractivity contribution in [2.24, 2.45) is 11.7 Å². The number of benzene rings is 1. The summed E-state index contributed by atoms with van der Waals surface area (Å²) in [6.45, 7) is 1.10. The van der Waals surface area contributed by atoms with Gasteiger partial charge in [-0.1, -0.05) is 44.2 Å². The Morgan fingerprint density at radius 2 is 1.76 bits per heavy atom. The number of nitrogens with zero attached hydrogens (tertiary/aromatic N) is 1. The minimum absolute atomic E-state index is 0.350. The van der Waals surface area contributed by atoms with Crippen molar-refractivity contribution in [2.45, 2.75) is 88.3 Å². The number of hydrogen-bond acceptors (Lipinski definition) is 3. The van der Waals surface area contributed by atoms with Gasteiger partial charge in [0.25, 0.3) is 0 Å². The zero-order valence-corrected chi connectivity index (χ0v) is 15.4. The van der Waals surface area contributed by atoms with Gasteiger partial charge in [0.1, 0.15) is 5.75 Å². The van der Waals surface area contributed by atoms with E-state index in [1.807, 2.05) is 12.1 Å². The Morgan fingerprint density at radius 1 is 1.04 bits per heavy atom. The number of phenols is 1. The average Bonchev–Trinajstić information content (AvgIpc) is 2.84. The molecule has 1 aliphatic carbocycles. The van der Waals surface area contributed by atoms with Crippen LogP contribution >= 0.6 is 0 Å². The lowest BCUT2D eigenvalue weighted by molar-refractivity contribution is 0.113. The van der Waals surface area contributed by atoms with E-state index in [0.717, 1.165) is 12.5 Å². The first kappa shape index (κ1) is 17.4. The van der Waals surface area contributed by atoms with Gasteiger partial charge in [-0.3, -0.25) is 4.90 Å². The summed E-state index contributed by atoms with van der Waals surface area (Å²) in [6, 6.07) is 9.66. The Balaban J connectivity index is 1.34. The van der Waals surface area contributed by atoms with Gasteiger partial charge in [0, 0.05) is 24.7 Å². The van der Waals surface area contributed by atoms with E-state index >= 15 is 0 Å². The van der Waals surface area contributed by atoms with E-state index in [0.29, 0.717) is 29.8 Å². The molecule has 1 aromatic rings. The minimum atomic E-state index is 0.350. The van der Waals surface area contributed by atoms with E-state index in [-0.39, 0.29) is 0 Å². The molecule has 4 rings (SSSR count). The smallest absolute Gasteiger partial charge is 0.115 e. The number of nitrogens with two attached hydrogens (primary N) is 1. The lowest BCUT2D eigenvalue weighted by Gasteiger charge is -2.41. The monoisotopic (exact) mass is 342 g/mol. The number of aromatic hydroxyl groups is 1. The van der Waals surface area contributed by atoms with E-state index in [1.54, 1.807) is 6.07 Å². The molecule has 1 saturated carbocycles. The van der Waals surface area contributed by atoms with Crippen LogP contribution in [0.1, 0.15) is 75.7 Å². The molecule has 2 aliphatic heterocycles. The fraction of sp³-hybridized carbons (Fsp3) is 0.727. The van der Waals surface area contributed by atoms with Gasteiger partial charge in [0.05, 0.1) is 0 Å². The van der Waals surface area contributed by atoms with Crippen LogP contribution in [-0.2, 0) is 0 Å². The number of fused-ring (bicyclic) bond motifs is 2. The van der Waals surface area contributed by atoms with Crippen molar-refractivity contribution in [1.29, 1.82) is 0 Å². The van der Waals surface area contributed by atoms with Crippen molar-refractivity contribution in [2.75, 3.05) is 6.54 Å². The van der Waals surface area contributed by atoms with E-state index in [2.05, 4.69) is 11.0 Å². The van der Waals surface area contributed by atoms with Crippen LogP contribution in [0.2, 0.25) is 0 Å². The highest BCUT2D eigenvalue weighted by atomic mass is 16.3. The summed E-state index contributed by atoms with van der Waals surface area (Å²) in [5.74, 6) is 1.89. The molecule has 25 heavy (non-hydrogen) atoms. The number of rotatable bonds is 5. The predicted octanol–water partition coefficient (Wildman–Crippen LogP) is 4.40. The summed E-state index contributed by atoms with van der Waals surface area (Å²) >= 11 is 0. The van der Waals surface area contributed by atoms with Crippen molar-refractivity contribution >= 4 is 0 Å². The van der Waals surface area contributed by atoms with Crippen molar-refractivity contribution in [3.8, 4) is 5.75 Å². The molecule has 3 nitrogen and oxygen atoms in total. The van der Waals surface area contributed by atoms with E-state index < -0.39 is 0 Å². The van der Waals surface area contributed by atoms with Crippen molar-refractivity contribution in [3.63, 3.8) is 0 Å². The van der Waals surface area contributed by atoms with Crippen LogP contribution in [0.15, 0.2) is 24.3 Å². The highest BCUT2D eigenvalue weighted by Gasteiger charge is 2.41. The van der Waals surface area contributed by atoms with Crippen LogP contribution in [0.4, 0.5) is 0 Å². The van der Waals surface area contributed by atoms with E-state index in [1.165, 1.54) is 69.8 Å². The maximum absolute atomic E-state index is 9.79. The second-order valence-corrected chi connectivity index (χ2v) is 8.84. The maximum atomic E-state index is 9.79. The Labute approximate surface area is 152 Å². The van der Waals surface area contributed by atoms with Crippen molar-refractivity contribution in [1.82, 2.24) is 4.90 Å². The fourth-order valence-corrected chi connectivity index (χ4v) is 5.82. The quantitative estimate of drug-likeness (QED) is 0.834. The van der Waals surface area contributed by atoms with E-state index in [9.17, 15) is 5.11 Å². The van der Waals surface area contributed by atoms with Crippen molar-refractivity contribution in [3.05, 3.63) is 29.8 Å². The first-order valence-electron chi connectivity index (χ1n) is 10.5. The van der Waals surface area contributed by atoms with Crippen LogP contribution in [0.5, 0.6) is 5.75 Å². The molecule has 3 fully saturated rings. The topological polar surface area (TPSA) is 49.5 Å². The molecular weight excluding hydrogens is 308 g/mol. The van der Waals surface area contributed by atoms with Gasteiger partial charge in [-0.2, -0.15) is 0 Å². The Kier molecular flexibility index (Phi) is 5.33. The third-order valence-corrected chi connectivity index (χ3v) is 7.03. The zero-order valence-electron chi connectivity index (χ0n) is 15.4. The van der Waals surface area contributed by atoms with Gasteiger partial charge in [-0.15, -0.1) is 0 Å². The highest BCUT2D eigenvalue weighted by molar-refractivity contribution is 5.30. The maximum Gasteiger partial charge on any atom is 0.115 e. The normalized spacial score (nSPS) is 32.0. The number of phenolic OH excluding ortho intramolecular Hbond substituents is 1. The zero-order chi connectivity index (χ0) is 17.2. The summed E-state index contributed by atoms with van der Waals surface area (Å²) in [5, 5.41) is 9.79. The summed E-state index contributed by atoms with van der Waals surface area (Å²) in [7, 11) is 0. The molecule has 1 aromatic carbocycles. The molecule has 2 saturated heterocycles. The molecule has 2 heterocycles. The molecule has 3 heteroatoms. The second kappa shape index (κ2) is 7.67. The Bertz CT molecular complexity index is 555. The van der Waals surface area contributed by atoms with Crippen LogP contribution in [0, 0.1) is 5.92 Å². The molecule has 0 radical (unpaired) electrons. The number of hydrogen-bond donors (Lipinski definition) is 2. The molecule has 3 aliphatic rings. The molecule has 0 amide bonds. The predicted molar refractivity (Wildman–Crippen MR) is 103 cm³/mol. The highest BCUT2D eigenvalue weighted by Crippen LogP contribution is 2.43. The van der Waals surface area contributed by atoms with Crippen LogP contribution < -0.4 is 5.73 Å². The first-order valence-corrected chi connectivity index (χ1v) is 10.5. The van der Waals surface area contributed by atoms with Gasteiger partial charge in [-0.05, 0) is 61.6 Å². The summed E-state index contributed by atoms with van der Waals surface area (Å²) in [6.07, 6.45) is 13.4. The SMILES string of the molecule is NC(CC1CCCCC1)CN1C2CCC1CC(c1cccc(O)c1)C2. The molecule has 0 aromatic heterocycles. The molecule has 3 N–H and O–H groups in total. The largest absolute Gasteiger partial charge is 0.508 e. The molecule has 3 atom stereocenters. The van der Waals surface area contributed by atoms with Gasteiger partial charge in [0.2, 0.25) is 0 Å². The van der Waals surface area contributed by atoms with Crippen LogP contribution in [0.25, 0.3) is 0 Å². The molecule has 0 spiro atoms. The van der Waals surface area contributed by atoms with Crippen molar-refractivity contribution < 1.29 is 5.11 Å². The average molecular weight is 343 g/mol. The lowest BCUT2D eigenvalue weighted by atomic mass is 9.83. The Hall–Kier alpha value is -1.06. The molecule has 2 bridgehead atoms. The third kappa shape index (κ3) is 4.03. The van der Waals surface area contributed by atoms with Crippen LogP contribution in [0.3, 0.4) is 0 Å². The molecular formula is C22H34N2O. The standard InChI is InChI=1S/C22H34N2O/c23-19(11-16-5-2-1-3-6-16)15-24-20-9-10-21(24)13-18(12-20)17-7-4-8-22(25)14-17/h4,7-8,14,16,18-21,25H,1-3,5-6,9-13,15,23H2. The van der Waals surface area contributed by atoms with Gasteiger partial charge in [0.15, 0.2) is 0 Å². The fourth-order valence-electron chi connectivity index (χ4n) is 5.82. The van der Waals surface area contributed by atoms with E-state index in [4.69, 9.17) is 5.73 Å². The Morgan fingerprint density at radius 3 is 2.44 bits per heavy atom. The van der Waals surface area contributed by atoms with Gasteiger partial charge in [-0.25, -0.2) is 0 Å². The van der Waals surface area contributed by atoms with Gasteiger partial charge < -0.3 is 10.8 Å². The van der Waals surface area contributed by atoms with Crippen LogP contribution in [-0.4, -0.2) is 34.7 Å².